The molecule has 1 heterocycles. The summed E-state index contributed by atoms with van der Waals surface area (Å²) in [5, 5.41) is 0. The van der Waals surface area contributed by atoms with Gasteiger partial charge in [0.2, 0.25) is 0 Å². The van der Waals surface area contributed by atoms with Crippen LogP contribution in [-0.4, -0.2) is 35.5 Å². The molecular weight excluding hydrogens is 266 g/mol. The van der Waals surface area contributed by atoms with Crippen LogP contribution >= 0.6 is 0 Å². The highest BCUT2D eigenvalue weighted by molar-refractivity contribution is 5.95. The van der Waals surface area contributed by atoms with Gasteiger partial charge in [-0.05, 0) is 33.1 Å². The van der Waals surface area contributed by atoms with E-state index in [1.807, 2.05) is 51.1 Å². The van der Waals surface area contributed by atoms with Crippen LogP contribution in [0.5, 0.6) is 0 Å². The molecule has 0 aromatic heterocycles. The van der Waals surface area contributed by atoms with Crippen molar-refractivity contribution in [3.63, 3.8) is 0 Å². The van der Waals surface area contributed by atoms with E-state index in [-0.39, 0.29) is 11.9 Å². The Kier molecular flexibility index (Phi) is 4.66. The number of rotatable bonds is 4. The number of amides is 1. The minimum Gasteiger partial charge on any atom is -0.444 e. The normalized spacial score (nSPS) is 15.5. The molecule has 1 fully saturated rings. The molecule has 0 spiro atoms. The Morgan fingerprint density at radius 3 is 2.38 bits per heavy atom. The quantitative estimate of drug-likeness (QED) is 0.797. The minimum absolute atomic E-state index is 0.173. The SMILES string of the molecule is CC(C)(C)OC(=O)N1CC(CCC(=O)c2ccccc2)C1. The number of hydrogen-bond acceptors (Lipinski definition) is 3. The summed E-state index contributed by atoms with van der Waals surface area (Å²) in [6.07, 6.45) is 1.11. The summed E-state index contributed by atoms with van der Waals surface area (Å²) in [6.45, 7) is 6.97. The predicted molar refractivity (Wildman–Crippen MR) is 81.3 cm³/mol. The summed E-state index contributed by atoms with van der Waals surface area (Å²) in [7, 11) is 0. The molecule has 0 radical (unpaired) electrons. The van der Waals surface area contributed by atoms with Crippen molar-refractivity contribution in [3.8, 4) is 0 Å². The second-order valence-electron chi connectivity index (χ2n) is 6.58. The molecule has 1 amide bonds. The van der Waals surface area contributed by atoms with Crippen molar-refractivity contribution in [1.82, 2.24) is 4.90 Å². The lowest BCUT2D eigenvalue weighted by molar-refractivity contribution is -0.00208. The first-order chi connectivity index (χ1) is 9.85. The van der Waals surface area contributed by atoms with Crippen LogP contribution in [0.1, 0.15) is 44.0 Å². The number of ketones is 1. The monoisotopic (exact) mass is 289 g/mol. The fraction of sp³-hybridized carbons (Fsp3) is 0.529. The summed E-state index contributed by atoms with van der Waals surface area (Å²) in [4.78, 5) is 25.5. The zero-order chi connectivity index (χ0) is 15.5. The number of hydrogen-bond donors (Lipinski definition) is 0. The van der Waals surface area contributed by atoms with Gasteiger partial charge in [-0.3, -0.25) is 4.79 Å². The summed E-state index contributed by atoms with van der Waals surface area (Å²) >= 11 is 0. The maximum Gasteiger partial charge on any atom is 0.410 e. The molecule has 21 heavy (non-hydrogen) atoms. The van der Waals surface area contributed by atoms with Gasteiger partial charge < -0.3 is 9.64 Å². The fourth-order valence-electron chi connectivity index (χ4n) is 2.33. The van der Waals surface area contributed by atoms with Crippen LogP contribution < -0.4 is 0 Å². The first kappa shape index (κ1) is 15.5. The number of nitrogens with zero attached hydrogens (tertiary/aromatic N) is 1. The lowest BCUT2D eigenvalue weighted by Gasteiger charge is -2.39. The first-order valence-corrected chi connectivity index (χ1v) is 7.41. The Labute approximate surface area is 126 Å². The number of likely N-dealkylation sites (tertiary alicyclic amines) is 1. The van der Waals surface area contributed by atoms with Gasteiger partial charge in [-0.1, -0.05) is 30.3 Å². The van der Waals surface area contributed by atoms with Crippen molar-refractivity contribution in [2.75, 3.05) is 13.1 Å². The lowest BCUT2D eigenvalue weighted by atomic mass is 9.92. The Balaban J connectivity index is 1.69. The summed E-state index contributed by atoms with van der Waals surface area (Å²) in [6, 6.07) is 9.34. The van der Waals surface area contributed by atoms with Gasteiger partial charge >= 0.3 is 6.09 Å². The van der Waals surface area contributed by atoms with Gasteiger partial charge in [0, 0.05) is 25.1 Å². The second kappa shape index (κ2) is 6.29. The molecule has 1 aromatic carbocycles. The van der Waals surface area contributed by atoms with Crippen molar-refractivity contribution >= 4 is 11.9 Å². The Morgan fingerprint density at radius 2 is 1.81 bits per heavy atom. The Bertz CT molecular complexity index is 499. The second-order valence-corrected chi connectivity index (χ2v) is 6.58. The predicted octanol–water partition coefficient (Wildman–Crippen LogP) is 3.52. The molecule has 1 saturated heterocycles. The van der Waals surface area contributed by atoms with Crippen molar-refractivity contribution in [3.05, 3.63) is 35.9 Å². The van der Waals surface area contributed by atoms with Crippen LogP contribution in [0.2, 0.25) is 0 Å². The van der Waals surface area contributed by atoms with Crippen molar-refractivity contribution in [2.24, 2.45) is 5.92 Å². The summed E-state index contributed by atoms with van der Waals surface area (Å²) in [5.74, 6) is 0.580. The van der Waals surface area contributed by atoms with Crippen LogP contribution in [0.4, 0.5) is 4.79 Å². The van der Waals surface area contributed by atoms with E-state index in [1.54, 1.807) is 4.90 Å². The third-order valence-electron chi connectivity index (χ3n) is 3.48. The average molecular weight is 289 g/mol. The van der Waals surface area contributed by atoms with Crippen LogP contribution in [-0.2, 0) is 4.74 Å². The molecule has 1 aliphatic heterocycles. The lowest BCUT2D eigenvalue weighted by Crippen LogP contribution is -2.51. The van der Waals surface area contributed by atoms with Crippen LogP contribution in [0.25, 0.3) is 0 Å². The van der Waals surface area contributed by atoms with Gasteiger partial charge in [0.25, 0.3) is 0 Å². The first-order valence-electron chi connectivity index (χ1n) is 7.41. The highest BCUT2D eigenvalue weighted by Crippen LogP contribution is 2.23. The van der Waals surface area contributed by atoms with E-state index in [1.165, 1.54) is 0 Å². The standard InChI is InChI=1S/C17H23NO3/c1-17(2,3)21-16(20)18-11-13(12-18)9-10-15(19)14-7-5-4-6-8-14/h4-8,13H,9-12H2,1-3H3. The maximum absolute atomic E-state index is 12.0. The molecule has 1 aliphatic rings. The van der Waals surface area contributed by atoms with E-state index in [0.717, 1.165) is 12.0 Å². The zero-order valence-electron chi connectivity index (χ0n) is 13.0. The molecular formula is C17H23NO3. The molecule has 2 rings (SSSR count). The molecule has 114 valence electrons. The third-order valence-corrected chi connectivity index (χ3v) is 3.48. The molecule has 4 nitrogen and oxygen atoms in total. The van der Waals surface area contributed by atoms with Gasteiger partial charge in [-0.15, -0.1) is 0 Å². The smallest absolute Gasteiger partial charge is 0.410 e. The van der Waals surface area contributed by atoms with Crippen molar-refractivity contribution < 1.29 is 14.3 Å². The van der Waals surface area contributed by atoms with Crippen LogP contribution in [0.15, 0.2) is 30.3 Å². The topological polar surface area (TPSA) is 46.6 Å². The number of carbonyl (C=O) groups excluding carboxylic acids is 2. The summed E-state index contributed by atoms with van der Waals surface area (Å²) < 4.78 is 5.30. The maximum atomic E-state index is 12.0. The third kappa shape index (κ3) is 4.59. The van der Waals surface area contributed by atoms with Gasteiger partial charge in [-0.2, -0.15) is 0 Å². The average Bonchev–Trinajstić information content (AvgIpc) is 2.35. The highest BCUT2D eigenvalue weighted by Gasteiger charge is 2.33. The van der Waals surface area contributed by atoms with E-state index in [4.69, 9.17) is 4.74 Å². The molecule has 0 bridgehead atoms. The fourth-order valence-corrected chi connectivity index (χ4v) is 2.33. The molecule has 0 atom stereocenters. The van der Waals surface area contributed by atoms with E-state index >= 15 is 0 Å². The van der Waals surface area contributed by atoms with Gasteiger partial charge in [0.1, 0.15) is 5.60 Å². The number of carbonyl (C=O) groups is 2. The van der Waals surface area contributed by atoms with Gasteiger partial charge in [-0.25, -0.2) is 4.79 Å². The molecule has 0 saturated carbocycles. The number of benzene rings is 1. The Hall–Kier alpha value is -1.84. The molecule has 0 unspecified atom stereocenters. The minimum atomic E-state index is -0.453. The van der Waals surface area contributed by atoms with Crippen molar-refractivity contribution in [2.45, 2.75) is 39.2 Å². The van der Waals surface area contributed by atoms with E-state index < -0.39 is 5.60 Å². The number of ether oxygens (including phenoxy) is 1. The van der Waals surface area contributed by atoms with Gasteiger partial charge in [0.05, 0.1) is 0 Å². The van der Waals surface area contributed by atoms with Gasteiger partial charge in [0.15, 0.2) is 5.78 Å². The van der Waals surface area contributed by atoms with Crippen molar-refractivity contribution in [1.29, 1.82) is 0 Å². The van der Waals surface area contributed by atoms with E-state index in [9.17, 15) is 9.59 Å². The molecule has 0 aliphatic carbocycles. The van der Waals surface area contributed by atoms with E-state index in [2.05, 4.69) is 0 Å². The highest BCUT2D eigenvalue weighted by atomic mass is 16.6. The van der Waals surface area contributed by atoms with Crippen LogP contribution in [0, 0.1) is 5.92 Å². The molecule has 4 heteroatoms. The number of Topliss-reactive ketones (excluding diaryl/α,β-unsaturated/α-hetero) is 1. The van der Waals surface area contributed by atoms with E-state index in [0.29, 0.717) is 25.4 Å². The molecule has 1 aromatic rings. The zero-order valence-corrected chi connectivity index (χ0v) is 13.0. The largest absolute Gasteiger partial charge is 0.444 e. The summed E-state index contributed by atoms with van der Waals surface area (Å²) in [5.41, 5.74) is 0.312. The molecule has 0 N–H and O–H groups in total. The Morgan fingerprint density at radius 1 is 1.19 bits per heavy atom. The van der Waals surface area contributed by atoms with Crippen LogP contribution in [0.3, 0.4) is 0 Å².